The van der Waals surface area contributed by atoms with Gasteiger partial charge in [0.1, 0.15) is 12.2 Å². The summed E-state index contributed by atoms with van der Waals surface area (Å²) in [4.78, 5) is 4.28. The van der Waals surface area contributed by atoms with Gasteiger partial charge in [0.05, 0.1) is 12.2 Å². The van der Waals surface area contributed by atoms with Gasteiger partial charge in [0.15, 0.2) is 0 Å². The summed E-state index contributed by atoms with van der Waals surface area (Å²) in [6.07, 6.45) is 2.44. The minimum Gasteiger partial charge on any atom is -0.374 e. The number of rotatable bonds is 6. The minimum atomic E-state index is -0.104. The third kappa shape index (κ3) is 4.83. The first-order chi connectivity index (χ1) is 7.96. The average molecular weight is 240 g/mol. The number of aryl methyl sites for hydroxylation is 1. The van der Waals surface area contributed by atoms with Crippen LogP contribution < -0.4 is 5.32 Å². The molecule has 17 heavy (non-hydrogen) atoms. The molecule has 1 atom stereocenters. The first-order valence-electron chi connectivity index (χ1n) is 6.14. The second-order valence-corrected chi connectivity index (χ2v) is 5.11. The van der Waals surface area contributed by atoms with Crippen molar-refractivity contribution in [3.8, 4) is 0 Å². The van der Waals surface area contributed by atoms with Crippen LogP contribution in [0.15, 0.2) is 6.33 Å². The van der Waals surface area contributed by atoms with Crippen molar-refractivity contribution in [3.63, 3.8) is 0 Å². The molecule has 0 saturated carbocycles. The Bertz CT molecular complexity index is 329. The van der Waals surface area contributed by atoms with E-state index < -0.39 is 0 Å². The van der Waals surface area contributed by atoms with Crippen LogP contribution in [0.4, 0.5) is 0 Å². The number of nitrogens with one attached hydrogen (secondary N) is 1. The van der Waals surface area contributed by atoms with Gasteiger partial charge < -0.3 is 10.1 Å². The highest BCUT2D eigenvalue weighted by atomic mass is 16.5. The van der Waals surface area contributed by atoms with Gasteiger partial charge in [0.25, 0.3) is 0 Å². The Morgan fingerprint density at radius 3 is 2.71 bits per heavy atom. The van der Waals surface area contributed by atoms with Crippen LogP contribution in [-0.4, -0.2) is 40.1 Å². The lowest BCUT2D eigenvalue weighted by molar-refractivity contribution is -0.0138. The van der Waals surface area contributed by atoms with E-state index >= 15 is 0 Å². The zero-order valence-corrected chi connectivity index (χ0v) is 11.5. The van der Waals surface area contributed by atoms with E-state index in [9.17, 15) is 0 Å². The monoisotopic (exact) mass is 240 g/mol. The normalized spacial score (nSPS) is 13.9. The van der Waals surface area contributed by atoms with Crippen LogP contribution in [0.25, 0.3) is 0 Å². The van der Waals surface area contributed by atoms with E-state index in [-0.39, 0.29) is 11.6 Å². The van der Waals surface area contributed by atoms with Gasteiger partial charge in [-0.1, -0.05) is 0 Å². The van der Waals surface area contributed by atoms with Crippen molar-refractivity contribution in [2.24, 2.45) is 0 Å². The van der Waals surface area contributed by atoms with Crippen LogP contribution in [-0.2, 0) is 17.7 Å². The molecule has 5 nitrogen and oxygen atoms in total. The van der Waals surface area contributed by atoms with Crippen molar-refractivity contribution < 1.29 is 4.74 Å². The lowest BCUT2D eigenvalue weighted by atomic mass is 10.1. The number of nitrogens with zero attached hydrogens (tertiary/aromatic N) is 3. The van der Waals surface area contributed by atoms with E-state index in [2.05, 4.69) is 43.1 Å². The van der Waals surface area contributed by atoms with Crippen molar-refractivity contribution >= 4 is 0 Å². The minimum absolute atomic E-state index is 0.104. The largest absolute Gasteiger partial charge is 0.374 e. The van der Waals surface area contributed by atoms with E-state index in [1.165, 1.54) is 0 Å². The van der Waals surface area contributed by atoms with E-state index in [1.807, 2.05) is 11.7 Å². The molecule has 98 valence electrons. The van der Waals surface area contributed by atoms with Crippen molar-refractivity contribution in [1.29, 1.82) is 0 Å². The van der Waals surface area contributed by atoms with Crippen LogP contribution in [0, 0.1) is 0 Å². The van der Waals surface area contributed by atoms with E-state index in [0.717, 1.165) is 18.8 Å². The third-order valence-electron chi connectivity index (χ3n) is 2.55. The molecule has 0 bridgehead atoms. The molecule has 1 N–H and O–H groups in total. The van der Waals surface area contributed by atoms with Gasteiger partial charge >= 0.3 is 0 Å². The second kappa shape index (κ2) is 6.12. The molecule has 1 heterocycles. The number of aromatic nitrogens is 3. The second-order valence-electron chi connectivity index (χ2n) is 5.11. The molecule has 0 aliphatic heterocycles. The molecule has 0 radical (unpaired) electrons. The van der Waals surface area contributed by atoms with E-state index in [0.29, 0.717) is 6.61 Å². The fraction of sp³-hybridized carbons (Fsp3) is 0.833. The van der Waals surface area contributed by atoms with Crippen molar-refractivity contribution in [3.05, 3.63) is 12.2 Å². The van der Waals surface area contributed by atoms with Gasteiger partial charge in [-0.3, -0.25) is 4.68 Å². The van der Waals surface area contributed by atoms with Gasteiger partial charge in [-0.25, -0.2) is 4.98 Å². The lowest BCUT2D eigenvalue weighted by Gasteiger charge is -2.24. The molecule has 1 aromatic rings. The highest BCUT2D eigenvalue weighted by Crippen LogP contribution is 2.08. The zero-order chi connectivity index (χ0) is 12.9. The van der Waals surface area contributed by atoms with E-state index in [4.69, 9.17) is 4.74 Å². The molecule has 0 aromatic carbocycles. The Hall–Kier alpha value is -0.940. The molecule has 0 aliphatic carbocycles. The maximum atomic E-state index is 5.78. The average Bonchev–Trinajstić information content (AvgIpc) is 2.70. The van der Waals surface area contributed by atoms with Crippen molar-refractivity contribution in [2.45, 2.75) is 52.3 Å². The molecule has 0 spiro atoms. The predicted octanol–water partition coefficient (Wildman–Crippen LogP) is 1.24. The molecule has 0 saturated heterocycles. The van der Waals surface area contributed by atoms with Crippen LogP contribution in [0.5, 0.6) is 0 Å². The molecule has 0 aliphatic rings. The maximum Gasteiger partial charge on any atom is 0.138 e. The Morgan fingerprint density at radius 2 is 2.18 bits per heavy atom. The van der Waals surface area contributed by atoms with Gasteiger partial charge in [-0.2, -0.15) is 5.10 Å². The van der Waals surface area contributed by atoms with Gasteiger partial charge in [-0.15, -0.1) is 0 Å². The summed E-state index contributed by atoms with van der Waals surface area (Å²) in [6, 6.07) is 0.267. The molecule has 0 amide bonds. The fourth-order valence-electron chi connectivity index (χ4n) is 1.53. The smallest absolute Gasteiger partial charge is 0.138 e. The highest BCUT2D eigenvalue weighted by molar-refractivity contribution is 4.89. The van der Waals surface area contributed by atoms with Gasteiger partial charge in [0.2, 0.25) is 0 Å². The lowest BCUT2D eigenvalue weighted by Crippen LogP contribution is -2.36. The maximum absolute atomic E-state index is 5.78. The zero-order valence-electron chi connectivity index (χ0n) is 11.5. The first kappa shape index (κ1) is 14.1. The SMILES string of the molecule is CCn1ncnc1CC(COC(C)(C)C)NC. The summed E-state index contributed by atoms with van der Waals surface area (Å²) in [5, 5.41) is 7.43. The van der Waals surface area contributed by atoms with Gasteiger partial charge in [-0.05, 0) is 34.7 Å². The summed E-state index contributed by atoms with van der Waals surface area (Å²) in [5.41, 5.74) is -0.104. The third-order valence-corrected chi connectivity index (χ3v) is 2.55. The Labute approximate surface area is 104 Å². The number of likely N-dealkylation sites (N-methyl/N-ethyl adjacent to an activating group) is 1. The Balaban J connectivity index is 2.52. The standard InChI is InChI=1S/C12H24N4O/c1-6-16-11(14-9-15-16)7-10(13-5)8-17-12(2,3)4/h9-10,13H,6-8H2,1-5H3. The number of hydrogen-bond donors (Lipinski definition) is 1. The van der Waals surface area contributed by atoms with Crippen LogP contribution in [0.1, 0.15) is 33.5 Å². The molecule has 1 aromatic heterocycles. The molecule has 0 fully saturated rings. The van der Waals surface area contributed by atoms with Crippen LogP contribution >= 0.6 is 0 Å². The summed E-state index contributed by atoms with van der Waals surface area (Å²) in [7, 11) is 1.95. The molecular formula is C12H24N4O. The van der Waals surface area contributed by atoms with E-state index in [1.54, 1.807) is 6.33 Å². The van der Waals surface area contributed by atoms with Crippen molar-refractivity contribution in [1.82, 2.24) is 20.1 Å². The topological polar surface area (TPSA) is 52.0 Å². The molecule has 1 rings (SSSR count). The fourth-order valence-corrected chi connectivity index (χ4v) is 1.53. The number of ether oxygens (including phenoxy) is 1. The van der Waals surface area contributed by atoms with Gasteiger partial charge in [0, 0.05) is 19.0 Å². The quantitative estimate of drug-likeness (QED) is 0.813. The Kier molecular flexibility index (Phi) is 5.08. The summed E-state index contributed by atoms with van der Waals surface area (Å²) in [6.45, 7) is 9.79. The van der Waals surface area contributed by atoms with Crippen LogP contribution in [0.3, 0.4) is 0 Å². The predicted molar refractivity (Wildman–Crippen MR) is 68.0 cm³/mol. The van der Waals surface area contributed by atoms with Crippen LogP contribution in [0.2, 0.25) is 0 Å². The molecular weight excluding hydrogens is 216 g/mol. The summed E-state index contributed by atoms with van der Waals surface area (Å²) >= 11 is 0. The Morgan fingerprint density at radius 1 is 1.47 bits per heavy atom. The number of hydrogen-bond acceptors (Lipinski definition) is 4. The summed E-state index contributed by atoms with van der Waals surface area (Å²) < 4.78 is 7.70. The highest BCUT2D eigenvalue weighted by Gasteiger charge is 2.16. The molecule has 5 heteroatoms. The first-order valence-corrected chi connectivity index (χ1v) is 6.14. The van der Waals surface area contributed by atoms with Crippen molar-refractivity contribution in [2.75, 3.05) is 13.7 Å². The summed E-state index contributed by atoms with van der Waals surface area (Å²) in [5.74, 6) is 1.00. The molecule has 1 unspecified atom stereocenters.